The van der Waals surface area contributed by atoms with Crippen LogP contribution in [-0.2, 0) is 9.84 Å². The molecule has 6 heteroatoms. The molecule has 0 radical (unpaired) electrons. The Hall–Kier alpha value is -1.17. The number of aryl methyl sites for hydroxylation is 1. The monoisotopic (exact) mass is 289 g/mol. The smallest absolute Gasteiger partial charge is 0.152 e. The van der Waals surface area contributed by atoms with E-state index in [2.05, 4.69) is 5.32 Å². The highest BCUT2D eigenvalue weighted by Crippen LogP contribution is 2.30. The maximum atomic E-state index is 13.9. The maximum Gasteiger partial charge on any atom is 0.152 e. The molecule has 0 spiro atoms. The van der Waals surface area contributed by atoms with Gasteiger partial charge in [-0.15, -0.1) is 0 Å². The van der Waals surface area contributed by atoms with Crippen LogP contribution in [0.5, 0.6) is 0 Å². The number of halogens is 2. The molecule has 106 valence electrons. The molecule has 19 heavy (non-hydrogen) atoms. The quantitative estimate of drug-likeness (QED) is 0.930. The van der Waals surface area contributed by atoms with Gasteiger partial charge in [-0.25, -0.2) is 17.2 Å². The second-order valence-corrected chi connectivity index (χ2v) is 7.37. The minimum Gasteiger partial charge on any atom is -0.376 e. The number of rotatable bonds is 3. The van der Waals surface area contributed by atoms with Crippen LogP contribution in [0.25, 0.3) is 0 Å². The first-order valence-electron chi connectivity index (χ1n) is 6.20. The van der Waals surface area contributed by atoms with Crippen molar-refractivity contribution in [3.05, 3.63) is 29.3 Å². The van der Waals surface area contributed by atoms with Crippen molar-refractivity contribution in [2.75, 3.05) is 11.6 Å². The zero-order valence-electron chi connectivity index (χ0n) is 10.9. The van der Waals surface area contributed by atoms with Crippen LogP contribution >= 0.6 is 0 Å². The molecule has 1 aliphatic rings. The van der Waals surface area contributed by atoms with Gasteiger partial charge in [-0.05, 0) is 37.8 Å². The Labute approximate surface area is 111 Å². The predicted octanol–water partition coefficient (Wildman–Crippen LogP) is 2.65. The lowest BCUT2D eigenvalue weighted by molar-refractivity contribution is 0.565. The first kappa shape index (κ1) is 14.2. The average Bonchev–Trinajstić information content (AvgIpc) is 2.77. The Balaban J connectivity index is 2.29. The second kappa shape index (κ2) is 5.07. The summed E-state index contributed by atoms with van der Waals surface area (Å²) in [6, 6.07) is 2.12. The molecule has 0 saturated heterocycles. The number of sulfone groups is 1. The first-order valence-corrected chi connectivity index (χ1v) is 8.16. The van der Waals surface area contributed by atoms with Gasteiger partial charge in [0.05, 0.1) is 5.25 Å². The highest BCUT2D eigenvalue weighted by molar-refractivity contribution is 7.91. The number of benzene rings is 1. The normalized spacial score (nSPS) is 23.6. The predicted molar refractivity (Wildman–Crippen MR) is 71.0 cm³/mol. The molecule has 1 aromatic carbocycles. The van der Waals surface area contributed by atoms with Gasteiger partial charge in [0.25, 0.3) is 0 Å². The van der Waals surface area contributed by atoms with E-state index in [0.29, 0.717) is 18.4 Å². The SMILES string of the molecule is Cc1ccc(F)c(NC2CCCC2S(C)(=O)=O)c1F. The van der Waals surface area contributed by atoms with E-state index < -0.39 is 32.8 Å². The zero-order chi connectivity index (χ0) is 14.2. The van der Waals surface area contributed by atoms with Crippen LogP contribution in [-0.4, -0.2) is 26.0 Å². The third-order valence-corrected chi connectivity index (χ3v) is 5.28. The molecule has 0 heterocycles. The van der Waals surface area contributed by atoms with Gasteiger partial charge in [-0.1, -0.05) is 6.07 Å². The summed E-state index contributed by atoms with van der Waals surface area (Å²) < 4.78 is 50.8. The van der Waals surface area contributed by atoms with E-state index >= 15 is 0 Å². The van der Waals surface area contributed by atoms with Crippen LogP contribution in [0.4, 0.5) is 14.5 Å². The van der Waals surface area contributed by atoms with E-state index in [1.807, 2.05) is 0 Å². The van der Waals surface area contributed by atoms with Crippen LogP contribution in [0.1, 0.15) is 24.8 Å². The van der Waals surface area contributed by atoms with E-state index in [9.17, 15) is 17.2 Å². The van der Waals surface area contributed by atoms with Crippen molar-refractivity contribution in [2.45, 2.75) is 37.5 Å². The fraction of sp³-hybridized carbons (Fsp3) is 0.538. The third kappa shape index (κ3) is 2.88. The zero-order valence-corrected chi connectivity index (χ0v) is 11.7. The van der Waals surface area contributed by atoms with Crippen molar-refractivity contribution in [3.63, 3.8) is 0 Å². The van der Waals surface area contributed by atoms with Crippen LogP contribution in [0, 0.1) is 18.6 Å². The van der Waals surface area contributed by atoms with Gasteiger partial charge < -0.3 is 5.32 Å². The summed E-state index contributed by atoms with van der Waals surface area (Å²) in [7, 11) is -3.22. The lowest BCUT2D eigenvalue weighted by Crippen LogP contribution is -2.35. The standard InChI is InChI=1S/C13H17F2NO2S/c1-8-6-7-9(14)13(12(8)15)16-10-4-3-5-11(10)19(2,17)18/h6-7,10-11,16H,3-5H2,1-2H3. The first-order chi connectivity index (χ1) is 8.80. The van der Waals surface area contributed by atoms with Gasteiger partial charge in [-0.2, -0.15) is 0 Å². The van der Waals surface area contributed by atoms with Crippen molar-refractivity contribution < 1.29 is 17.2 Å². The topological polar surface area (TPSA) is 46.2 Å². The highest BCUT2D eigenvalue weighted by atomic mass is 32.2. The summed E-state index contributed by atoms with van der Waals surface area (Å²) in [6.07, 6.45) is 3.04. The second-order valence-electron chi connectivity index (χ2n) is 5.10. The molecule has 2 rings (SSSR count). The summed E-state index contributed by atoms with van der Waals surface area (Å²) in [5, 5.41) is 2.17. The molecule has 1 aromatic rings. The molecular weight excluding hydrogens is 272 g/mol. The Kier molecular flexibility index (Phi) is 3.80. The number of anilines is 1. The molecule has 1 saturated carbocycles. The molecule has 1 N–H and O–H groups in total. The van der Waals surface area contributed by atoms with Gasteiger partial charge in [0.15, 0.2) is 15.7 Å². The maximum absolute atomic E-state index is 13.9. The van der Waals surface area contributed by atoms with E-state index in [0.717, 1.165) is 6.42 Å². The van der Waals surface area contributed by atoms with Crippen molar-refractivity contribution in [3.8, 4) is 0 Å². The molecule has 0 bridgehead atoms. The van der Waals surface area contributed by atoms with Gasteiger partial charge in [0.2, 0.25) is 0 Å². The van der Waals surface area contributed by atoms with E-state index in [-0.39, 0.29) is 5.69 Å². The summed E-state index contributed by atoms with van der Waals surface area (Å²) >= 11 is 0. The van der Waals surface area contributed by atoms with Gasteiger partial charge in [0.1, 0.15) is 11.5 Å². The van der Waals surface area contributed by atoms with Crippen LogP contribution in [0.15, 0.2) is 12.1 Å². The largest absolute Gasteiger partial charge is 0.376 e. The van der Waals surface area contributed by atoms with Crippen LogP contribution in [0.3, 0.4) is 0 Å². The lowest BCUT2D eigenvalue weighted by atomic mass is 10.1. The van der Waals surface area contributed by atoms with Crippen LogP contribution in [0.2, 0.25) is 0 Å². The minimum atomic E-state index is -3.22. The molecule has 2 unspecified atom stereocenters. The van der Waals surface area contributed by atoms with Crippen molar-refractivity contribution in [1.82, 2.24) is 0 Å². The summed E-state index contributed by atoms with van der Waals surface area (Å²) in [5.41, 5.74) is 0.110. The number of nitrogens with one attached hydrogen (secondary N) is 1. The molecule has 2 atom stereocenters. The number of hydrogen-bond acceptors (Lipinski definition) is 3. The summed E-state index contributed by atoms with van der Waals surface area (Å²) in [4.78, 5) is 0. The molecular formula is C13H17F2NO2S. The fourth-order valence-corrected chi connectivity index (χ4v) is 3.97. The summed E-state index contributed by atoms with van der Waals surface area (Å²) in [5.74, 6) is -1.35. The fourth-order valence-electron chi connectivity index (χ4n) is 2.58. The van der Waals surface area contributed by atoms with Crippen molar-refractivity contribution in [1.29, 1.82) is 0 Å². The van der Waals surface area contributed by atoms with Gasteiger partial charge in [-0.3, -0.25) is 0 Å². The van der Waals surface area contributed by atoms with Crippen LogP contribution < -0.4 is 5.32 Å². The molecule has 0 amide bonds. The molecule has 1 fully saturated rings. The van der Waals surface area contributed by atoms with Gasteiger partial charge >= 0.3 is 0 Å². The molecule has 3 nitrogen and oxygen atoms in total. The molecule has 1 aliphatic carbocycles. The Morgan fingerprint density at radius 2 is 1.95 bits per heavy atom. The Morgan fingerprint density at radius 3 is 2.58 bits per heavy atom. The lowest BCUT2D eigenvalue weighted by Gasteiger charge is -2.21. The molecule has 0 aromatic heterocycles. The van der Waals surface area contributed by atoms with E-state index in [4.69, 9.17) is 0 Å². The van der Waals surface area contributed by atoms with Gasteiger partial charge in [0, 0.05) is 12.3 Å². The van der Waals surface area contributed by atoms with E-state index in [1.165, 1.54) is 18.4 Å². The Morgan fingerprint density at radius 1 is 1.26 bits per heavy atom. The average molecular weight is 289 g/mol. The van der Waals surface area contributed by atoms with Crippen molar-refractivity contribution in [2.24, 2.45) is 0 Å². The summed E-state index contributed by atoms with van der Waals surface area (Å²) in [6.45, 7) is 1.54. The highest BCUT2D eigenvalue weighted by Gasteiger charge is 2.35. The van der Waals surface area contributed by atoms with E-state index in [1.54, 1.807) is 6.92 Å². The minimum absolute atomic E-state index is 0.222. The number of hydrogen-bond donors (Lipinski definition) is 1. The Bertz CT molecular complexity index is 587. The third-order valence-electron chi connectivity index (χ3n) is 3.62. The van der Waals surface area contributed by atoms with Crippen molar-refractivity contribution >= 4 is 15.5 Å². The molecule has 0 aliphatic heterocycles.